The predicted molar refractivity (Wildman–Crippen MR) is 232 cm³/mol. The van der Waals surface area contributed by atoms with Crippen molar-refractivity contribution in [3.63, 3.8) is 0 Å². The number of benzene rings is 4. The molecule has 0 saturated carbocycles. The average Bonchev–Trinajstić information content (AvgIpc) is 3.28. The molecule has 0 radical (unpaired) electrons. The van der Waals surface area contributed by atoms with Crippen LogP contribution in [0.15, 0.2) is 90.7 Å². The van der Waals surface area contributed by atoms with Gasteiger partial charge in [-0.1, -0.05) is 63.7 Å². The third kappa shape index (κ3) is 25.9. The van der Waals surface area contributed by atoms with Gasteiger partial charge in [0.05, 0.1) is 49.1 Å². The molecule has 57 heavy (non-hydrogen) atoms. The molecule has 1 aliphatic heterocycles. The van der Waals surface area contributed by atoms with Crippen molar-refractivity contribution in [2.75, 3.05) is 48.4 Å². The second-order valence-corrected chi connectivity index (χ2v) is 16.5. The normalized spacial score (nSPS) is 10.6. The van der Waals surface area contributed by atoms with Crippen LogP contribution in [0.4, 0.5) is 22.7 Å². The molecule has 0 bridgehead atoms. The van der Waals surface area contributed by atoms with Gasteiger partial charge in [-0.15, -0.1) is 0 Å². The molecule has 10 N–H and O–H groups in total. The van der Waals surface area contributed by atoms with Crippen LogP contribution in [0.2, 0.25) is 0 Å². The van der Waals surface area contributed by atoms with Crippen molar-refractivity contribution in [3.8, 4) is 23.0 Å². The van der Waals surface area contributed by atoms with Crippen LogP contribution in [0.5, 0.6) is 23.0 Å². The van der Waals surface area contributed by atoms with Crippen LogP contribution in [0.25, 0.3) is 0 Å². The summed E-state index contributed by atoms with van der Waals surface area (Å²) in [6, 6.07) is 20.7. The molecular formula is C34H37Br4Cl2LiN4O11S. The minimum absolute atomic E-state index is 0. The van der Waals surface area contributed by atoms with Gasteiger partial charge in [0.2, 0.25) is 9.23 Å². The topological polar surface area (TPSA) is 260 Å². The number of anilines is 4. The molecule has 308 valence electrons. The van der Waals surface area contributed by atoms with E-state index in [0.717, 1.165) is 23.6 Å². The van der Waals surface area contributed by atoms with E-state index in [1.54, 1.807) is 60.7 Å². The molecule has 5 rings (SSSR count). The van der Waals surface area contributed by atoms with Gasteiger partial charge in [-0.2, -0.15) is 0 Å². The molecule has 1 heterocycles. The van der Waals surface area contributed by atoms with Gasteiger partial charge in [-0.25, -0.2) is 4.21 Å². The summed E-state index contributed by atoms with van der Waals surface area (Å²) in [6.45, 7) is 1.36. The summed E-state index contributed by atoms with van der Waals surface area (Å²) in [5.74, 6) is -0.377. The summed E-state index contributed by atoms with van der Waals surface area (Å²) in [4.78, 5) is 32.1. The Bertz CT molecular complexity index is 1910. The van der Waals surface area contributed by atoms with Crippen LogP contribution in [0.1, 0.15) is 19.3 Å². The average molecular weight is 1110 g/mol. The zero-order chi connectivity index (χ0) is 41.5. The van der Waals surface area contributed by atoms with Crippen molar-refractivity contribution in [3.05, 3.63) is 90.7 Å². The fourth-order valence-electron chi connectivity index (χ4n) is 3.73. The number of esters is 2. The second kappa shape index (κ2) is 31.1. The number of carboxylic acids is 1. The number of hydrogen-bond acceptors (Lipinski definition) is 14. The van der Waals surface area contributed by atoms with Gasteiger partial charge in [0.15, 0.2) is 5.75 Å². The zero-order valence-corrected chi connectivity index (χ0v) is 38.8. The van der Waals surface area contributed by atoms with E-state index in [1.807, 2.05) is 12.1 Å². The van der Waals surface area contributed by atoms with Gasteiger partial charge in [-0.3, -0.25) is 14.4 Å². The third-order valence-electron chi connectivity index (χ3n) is 6.25. The maximum Gasteiger partial charge on any atom is 1.00 e. The number of aliphatic carboxylic acids is 1. The molecule has 1 aliphatic rings. The first kappa shape index (κ1) is 56.2. The van der Waals surface area contributed by atoms with E-state index in [9.17, 15) is 24.6 Å². The Morgan fingerprint density at radius 2 is 1.26 bits per heavy atom. The second-order valence-electron chi connectivity index (χ2n) is 10.3. The summed E-state index contributed by atoms with van der Waals surface area (Å²) in [5.41, 5.74) is 7.72. The molecule has 0 aliphatic carbocycles. The van der Waals surface area contributed by atoms with Gasteiger partial charge >= 0.3 is 36.8 Å². The Morgan fingerprint density at radius 1 is 0.825 bits per heavy atom. The third-order valence-corrected chi connectivity index (χ3v) is 8.22. The molecule has 4 aromatic rings. The zero-order valence-electron chi connectivity index (χ0n) is 30.1. The van der Waals surface area contributed by atoms with Crippen LogP contribution in [-0.2, 0) is 28.3 Å². The van der Waals surface area contributed by atoms with E-state index in [1.165, 1.54) is 7.11 Å². The summed E-state index contributed by atoms with van der Waals surface area (Å²) in [7, 11) is 8.70. The van der Waals surface area contributed by atoms with Crippen LogP contribution in [0.3, 0.4) is 0 Å². The number of phenols is 3. The number of carboxylic acid groups (broad SMARTS) is 1. The number of carbonyl (C=O) groups is 3. The Balaban J connectivity index is 0. The van der Waals surface area contributed by atoms with E-state index in [4.69, 9.17) is 24.9 Å². The van der Waals surface area contributed by atoms with Crippen LogP contribution in [-0.4, -0.2) is 74.8 Å². The summed E-state index contributed by atoms with van der Waals surface area (Å²) in [5, 5.41) is 45.1. The molecule has 0 atom stereocenters. The van der Waals surface area contributed by atoms with Crippen molar-refractivity contribution in [1.29, 1.82) is 0 Å². The van der Waals surface area contributed by atoms with E-state index in [-0.39, 0.29) is 66.4 Å². The van der Waals surface area contributed by atoms with E-state index >= 15 is 0 Å². The Kier molecular flexibility index (Phi) is 30.6. The number of hydrogen-bond donors (Lipinski definition) is 8. The van der Waals surface area contributed by atoms with Crippen molar-refractivity contribution < 1.29 is 72.8 Å². The number of phenolic OH excluding ortho intramolecular Hbond substituents is 3. The number of halogens is 6. The predicted octanol–water partition coefficient (Wildman–Crippen LogP) is 5.95. The number of carbonyl (C=O) groups excluding carboxylic acids is 2. The fourth-order valence-corrected chi connectivity index (χ4v) is 5.12. The molecular weight excluding hydrogens is 1070 g/mol. The summed E-state index contributed by atoms with van der Waals surface area (Å²) in [6.07, 6.45) is 0.702. The van der Waals surface area contributed by atoms with Crippen molar-refractivity contribution in [2.45, 2.75) is 19.3 Å². The first-order chi connectivity index (χ1) is 25.9. The van der Waals surface area contributed by atoms with Gasteiger partial charge < -0.3 is 57.1 Å². The minimum atomic E-state index is -1.67. The quantitative estimate of drug-likeness (QED) is 0.0253. The maximum absolute atomic E-state index is 11.1. The maximum atomic E-state index is 11.1. The molecule has 0 saturated heterocycles. The van der Waals surface area contributed by atoms with Gasteiger partial charge in [0.1, 0.15) is 17.2 Å². The first-order valence-electron chi connectivity index (χ1n) is 15.4. The Labute approximate surface area is 385 Å². The van der Waals surface area contributed by atoms with E-state index in [2.05, 4.69) is 106 Å². The molecule has 0 fully saturated rings. The molecule has 4 aromatic carbocycles. The fraction of sp³-hybridized carbons (Fsp3) is 0.206. The number of rotatable bonds is 8. The van der Waals surface area contributed by atoms with Crippen LogP contribution in [0, 0.1) is 0 Å². The standard InChI is InChI=1S/C10H12BrNO3.C9H10BrNO3.C9H8BrNO2.C6H6BrNO.Cl2OS.Li.H2O/c1-15-10(14)4-5-12-8-3-2-7(11)6-9(8)13;10-6-1-2-7(8(12)5-6)11-4-3-9(13)14;10-6-1-2-7-8(5-6)13-9(12)3-4-11-7;7-4-1-2-5(8)6(9)3-4;1-4(2)3;;/h2-3,6,12-13H,4-5H2,1H3;1-2,5,11-12H,3-4H2,(H,13,14);1-2,5,11H,3-4H2;1-3,9H,8H2;;;1H2/q;;;;;+1;/p-1. The van der Waals surface area contributed by atoms with Crippen LogP contribution >= 0.6 is 85.1 Å². The number of methoxy groups -OCH3 is 1. The SMILES string of the molecule is COC(=O)CCNc1ccc(Br)cc1O.Nc1ccc(Br)cc1O.O=C(O)CCNc1ccc(Br)cc1O.O=C1CCNc2ccc(Br)cc2O1.O=S(Cl)Cl.[Li+].[OH-]. The van der Waals surface area contributed by atoms with Crippen molar-refractivity contribution in [2.24, 2.45) is 0 Å². The molecule has 15 nitrogen and oxygen atoms in total. The number of nitrogens with two attached hydrogens (primary N) is 1. The largest absolute Gasteiger partial charge is 1.00 e. The van der Waals surface area contributed by atoms with E-state index in [0.29, 0.717) is 48.9 Å². The Hall–Kier alpha value is -2.90. The minimum Gasteiger partial charge on any atom is -0.870 e. The molecule has 0 amide bonds. The van der Waals surface area contributed by atoms with Crippen molar-refractivity contribution >= 4 is 135 Å². The molecule has 23 heteroatoms. The van der Waals surface area contributed by atoms with E-state index < -0.39 is 15.2 Å². The summed E-state index contributed by atoms with van der Waals surface area (Å²) < 4.78 is 22.0. The number of aromatic hydroxyl groups is 3. The van der Waals surface area contributed by atoms with Crippen LogP contribution < -0.4 is 45.3 Å². The van der Waals surface area contributed by atoms with Gasteiger partial charge in [-0.05, 0) is 72.8 Å². The molecule has 0 aromatic heterocycles. The summed E-state index contributed by atoms with van der Waals surface area (Å²) >= 11 is 12.9. The first-order valence-corrected chi connectivity index (χ1v) is 21.3. The van der Waals surface area contributed by atoms with Gasteiger partial charge in [0.25, 0.3) is 0 Å². The number of fused-ring (bicyclic) bond motifs is 1. The Morgan fingerprint density at radius 3 is 1.70 bits per heavy atom. The number of nitrogens with one attached hydrogen (secondary N) is 3. The molecule has 0 unspecified atom stereocenters. The van der Waals surface area contributed by atoms with Crippen molar-refractivity contribution in [1.82, 2.24) is 0 Å². The number of ether oxygens (including phenoxy) is 2. The number of nitrogen functional groups attached to an aromatic ring is 1. The smallest absolute Gasteiger partial charge is 0.870 e. The van der Waals surface area contributed by atoms with Gasteiger partial charge in [0, 0.05) is 58.9 Å². The molecule has 0 spiro atoms. The monoisotopic (exact) mass is 1100 g/mol.